The summed E-state index contributed by atoms with van der Waals surface area (Å²) in [5, 5.41) is 10.7. The molecule has 7 nitrogen and oxygen atoms in total. The summed E-state index contributed by atoms with van der Waals surface area (Å²) in [5.74, 6) is 1.05. The predicted molar refractivity (Wildman–Crippen MR) is 71.4 cm³/mol. The van der Waals surface area contributed by atoms with Gasteiger partial charge in [-0.15, -0.1) is 10.2 Å². The fourth-order valence-electron chi connectivity index (χ4n) is 2.31. The van der Waals surface area contributed by atoms with E-state index in [-0.39, 0.29) is 11.7 Å². The zero-order valence-corrected chi connectivity index (χ0v) is 11.4. The Morgan fingerprint density at radius 3 is 3.25 bits per heavy atom. The van der Waals surface area contributed by atoms with Crippen LogP contribution in [0.1, 0.15) is 29.2 Å². The molecule has 1 saturated heterocycles. The second-order valence-electron chi connectivity index (χ2n) is 5.04. The Balaban J connectivity index is 1.63. The first-order valence-electron chi connectivity index (χ1n) is 6.78. The summed E-state index contributed by atoms with van der Waals surface area (Å²) >= 11 is 0. The van der Waals surface area contributed by atoms with Crippen LogP contribution in [0.2, 0.25) is 0 Å². The van der Waals surface area contributed by atoms with Crippen LogP contribution in [0, 0.1) is 12.8 Å². The zero-order chi connectivity index (χ0) is 13.9. The molecule has 1 aliphatic heterocycles. The van der Waals surface area contributed by atoms with Crippen molar-refractivity contribution in [1.82, 2.24) is 24.9 Å². The van der Waals surface area contributed by atoms with Crippen molar-refractivity contribution in [1.29, 1.82) is 0 Å². The molecule has 1 fully saturated rings. The molecule has 106 valence electrons. The van der Waals surface area contributed by atoms with Gasteiger partial charge < -0.3 is 10.1 Å². The van der Waals surface area contributed by atoms with E-state index in [0.29, 0.717) is 18.2 Å². The van der Waals surface area contributed by atoms with Crippen LogP contribution in [0.25, 0.3) is 5.78 Å². The van der Waals surface area contributed by atoms with Crippen LogP contribution in [0.5, 0.6) is 0 Å². The van der Waals surface area contributed by atoms with Gasteiger partial charge in [-0.2, -0.15) is 0 Å². The van der Waals surface area contributed by atoms with Crippen molar-refractivity contribution in [2.24, 2.45) is 5.92 Å². The van der Waals surface area contributed by atoms with Crippen LogP contribution in [0.4, 0.5) is 0 Å². The van der Waals surface area contributed by atoms with Gasteiger partial charge >= 0.3 is 0 Å². The largest absolute Gasteiger partial charge is 0.381 e. The summed E-state index contributed by atoms with van der Waals surface area (Å²) in [5.41, 5.74) is 0.845. The van der Waals surface area contributed by atoms with Gasteiger partial charge in [0.1, 0.15) is 0 Å². The number of amides is 1. The number of hydrogen-bond donors (Lipinski definition) is 1. The van der Waals surface area contributed by atoms with Crippen LogP contribution < -0.4 is 5.32 Å². The third-order valence-corrected chi connectivity index (χ3v) is 3.48. The summed E-state index contributed by atoms with van der Waals surface area (Å²) in [6, 6.07) is 1.82. The molecular formula is C13H17N5O2. The van der Waals surface area contributed by atoms with E-state index in [1.807, 2.05) is 13.0 Å². The van der Waals surface area contributed by atoms with Crippen LogP contribution in [-0.4, -0.2) is 45.2 Å². The number of aryl methyl sites for hydroxylation is 1. The number of carbonyl (C=O) groups is 1. The number of carbonyl (C=O) groups excluding carboxylic acids is 1. The molecule has 0 bridgehead atoms. The molecule has 1 atom stereocenters. The summed E-state index contributed by atoms with van der Waals surface area (Å²) in [6.45, 7) is 4.13. The second kappa shape index (κ2) is 5.54. The smallest absolute Gasteiger partial charge is 0.289 e. The summed E-state index contributed by atoms with van der Waals surface area (Å²) < 4.78 is 6.91. The van der Waals surface area contributed by atoms with Crippen molar-refractivity contribution >= 4 is 11.7 Å². The lowest BCUT2D eigenvalue weighted by atomic mass is 10.1. The number of nitrogens with zero attached hydrogens (tertiary/aromatic N) is 4. The fraction of sp³-hybridized carbons (Fsp3) is 0.538. The minimum absolute atomic E-state index is 0.220. The van der Waals surface area contributed by atoms with Crippen molar-refractivity contribution in [3.63, 3.8) is 0 Å². The predicted octanol–water partition coefficient (Wildman–Crippen LogP) is 0.589. The standard InChI is InChI=1S/C13H17N5O2/c1-9-3-6-18-11(16-17-13(18)15-9)12(19)14-5-2-10-4-7-20-8-10/h3,6,10H,2,4-5,7-8H2,1H3,(H,14,19)/t10-/m1/s1. The first-order chi connectivity index (χ1) is 9.74. The molecule has 2 aromatic heterocycles. The van der Waals surface area contributed by atoms with Gasteiger partial charge in [-0.3, -0.25) is 9.20 Å². The van der Waals surface area contributed by atoms with Gasteiger partial charge in [-0.05, 0) is 31.7 Å². The highest BCUT2D eigenvalue weighted by Gasteiger charge is 2.17. The maximum Gasteiger partial charge on any atom is 0.289 e. The minimum atomic E-state index is -0.220. The Labute approximate surface area is 116 Å². The number of ether oxygens (including phenoxy) is 1. The quantitative estimate of drug-likeness (QED) is 0.883. The number of hydrogen-bond acceptors (Lipinski definition) is 5. The van der Waals surface area contributed by atoms with E-state index < -0.39 is 0 Å². The molecule has 3 heterocycles. The third kappa shape index (κ3) is 2.62. The van der Waals surface area contributed by atoms with Gasteiger partial charge in [-0.25, -0.2) is 4.98 Å². The Kier molecular flexibility index (Phi) is 3.60. The van der Waals surface area contributed by atoms with Gasteiger partial charge in [0, 0.05) is 31.6 Å². The van der Waals surface area contributed by atoms with E-state index in [1.54, 1.807) is 10.6 Å². The minimum Gasteiger partial charge on any atom is -0.381 e. The van der Waals surface area contributed by atoms with Crippen LogP contribution in [0.15, 0.2) is 12.3 Å². The Morgan fingerprint density at radius 1 is 1.55 bits per heavy atom. The molecule has 0 unspecified atom stereocenters. The van der Waals surface area contributed by atoms with Gasteiger partial charge in [-0.1, -0.05) is 0 Å². The van der Waals surface area contributed by atoms with E-state index in [1.165, 1.54) is 0 Å². The number of rotatable bonds is 4. The molecular weight excluding hydrogens is 258 g/mol. The molecule has 0 aromatic carbocycles. The summed E-state index contributed by atoms with van der Waals surface area (Å²) in [6.07, 6.45) is 3.77. The molecule has 0 spiro atoms. The van der Waals surface area contributed by atoms with Gasteiger partial charge in [0.25, 0.3) is 11.7 Å². The first kappa shape index (κ1) is 13.0. The Morgan fingerprint density at radius 2 is 2.45 bits per heavy atom. The number of fused-ring (bicyclic) bond motifs is 1. The van der Waals surface area contributed by atoms with E-state index >= 15 is 0 Å². The topological polar surface area (TPSA) is 81.4 Å². The van der Waals surface area contributed by atoms with Crippen molar-refractivity contribution in [3.8, 4) is 0 Å². The normalized spacial score (nSPS) is 18.6. The molecule has 0 radical (unpaired) electrons. The van der Waals surface area contributed by atoms with Gasteiger partial charge in [0.15, 0.2) is 0 Å². The highest BCUT2D eigenvalue weighted by Crippen LogP contribution is 2.15. The van der Waals surface area contributed by atoms with Crippen LogP contribution in [0.3, 0.4) is 0 Å². The maximum atomic E-state index is 12.1. The molecule has 1 amide bonds. The molecule has 0 saturated carbocycles. The third-order valence-electron chi connectivity index (χ3n) is 3.48. The molecule has 3 rings (SSSR count). The number of aromatic nitrogens is 4. The van der Waals surface area contributed by atoms with Crippen molar-refractivity contribution < 1.29 is 9.53 Å². The monoisotopic (exact) mass is 275 g/mol. The highest BCUT2D eigenvalue weighted by molar-refractivity contribution is 5.91. The first-order valence-corrected chi connectivity index (χ1v) is 6.78. The molecule has 20 heavy (non-hydrogen) atoms. The fourth-order valence-corrected chi connectivity index (χ4v) is 2.31. The van der Waals surface area contributed by atoms with Gasteiger partial charge in [0.2, 0.25) is 5.82 Å². The second-order valence-corrected chi connectivity index (χ2v) is 5.04. The summed E-state index contributed by atoms with van der Waals surface area (Å²) in [4.78, 5) is 16.3. The van der Waals surface area contributed by atoms with E-state index in [9.17, 15) is 4.79 Å². The van der Waals surface area contributed by atoms with E-state index in [2.05, 4.69) is 20.5 Å². The van der Waals surface area contributed by atoms with Gasteiger partial charge in [0.05, 0.1) is 0 Å². The van der Waals surface area contributed by atoms with Crippen molar-refractivity contribution in [2.75, 3.05) is 19.8 Å². The van der Waals surface area contributed by atoms with E-state index in [0.717, 1.165) is 31.7 Å². The lowest BCUT2D eigenvalue weighted by molar-refractivity contribution is 0.0939. The molecule has 0 aliphatic carbocycles. The molecule has 1 aliphatic rings. The van der Waals surface area contributed by atoms with Crippen LogP contribution >= 0.6 is 0 Å². The zero-order valence-electron chi connectivity index (χ0n) is 11.4. The number of nitrogens with one attached hydrogen (secondary N) is 1. The summed E-state index contributed by atoms with van der Waals surface area (Å²) in [7, 11) is 0. The average Bonchev–Trinajstić information content (AvgIpc) is 3.07. The SMILES string of the molecule is Cc1ccn2c(C(=O)NCC[C@@H]3CCOC3)nnc2n1. The Hall–Kier alpha value is -2.02. The van der Waals surface area contributed by atoms with Crippen molar-refractivity contribution in [2.45, 2.75) is 19.8 Å². The highest BCUT2D eigenvalue weighted by atomic mass is 16.5. The average molecular weight is 275 g/mol. The molecule has 1 N–H and O–H groups in total. The Bertz CT molecular complexity index is 618. The van der Waals surface area contributed by atoms with E-state index in [4.69, 9.17) is 4.74 Å². The van der Waals surface area contributed by atoms with Crippen molar-refractivity contribution in [3.05, 3.63) is 23.8 Å². The maximum absolute atomic E-state index is 12.1. The van der Waals surface area contributed by atoms with Crippen LogP contribution in [-0.2, 0) is 4.74 Å². The molecule has 7 heteroatoms. The lowest BCUT2D eigenvalue weighted by Gasteiger charge is -2.07. The molecule has 2 aromatic rings. The lowest BCUT2D eigenvalue weighted by Crippen LogP contribution is -2.27.